The summed E-state index contributed by atoms with van der Waals surface area (Å²) >= 11 is 0. The molecule has 3 rings (SSSR count). The molecule has 0 aromatic carbocycles. The average molecular weight is 282 g/mol. The third-order valence-corrected chi connectivity index (χ3v) is 2.85. The van der Waals surface area contributed by atoms with Crippen LogP contribution >= 0.6 is 0 Å². The van der Waals surface area contributed by atoms with E-state index in [1.165, 1.54) is 0 Å². The molecule has 0 saturated carbocycles. The lowest BCUT2D eigenvalue weighted by molar-refractivity contribution is 0.777. The van der Waals surface area contributed by atoms with Crippen LogP contribution in [0.4, 0.5) is 11.9 Å². The van der Waals surface area contributed by atoms with E-state index in [0.717, 1.165) is 5.56 Å². The minimum absolute atomic E-state index is 0.159. The first-order valence-corrected chi connectivity index (χ1v) is 6.34. The Balaban J connectivity index is 1.88. The number of nitrogens with zero attached hydrogens (tertiary/aromatic N) is 7. The SMILES string of the molecule is CN(Cc1ccncc1)c1nc(N)nc(-n2cccn2)n1. The molecule has 8 heteroatoms. The lowest BCUT2D eigenvalue weighted by Gasteiger charge is -2.17. The molecule has 21 heavy (non-hydrogen) atoms. The number of aromatic nitrogens is 6. The predicted molar refractivity (Wildman–Crippen MR) is 77.7 cm³/mol. The predicted octanol–water partition coefficient (Wildman–Crippen LogP) is 0.671. The van der Waals surface area contributed by atoms with Crippen LogP contribution in [0.2, 0.25) is 0 Å². The third-order valence-electron chi connectivity index (χ3n) is 2.85. The maximum absolute atomic E-state index is 5.76. The van der Waals surface area contributed by atoms with Crippen LogP contribution in [-0.2, 0) is 6.54 Å². The van der Waals surface area contributed by atoms with Crippen LogP contribution in [0.3, 0.4) is 0 Å². The normalized spacial score (nSPS) is 10.5. The van der Waals surface area contributed by atoms with Gasteiger partial charge >= 0.3 is 0 Å². The number of pyridine rings is 1. The smallest absolute Gasteiger partial charge is 0.257 e. The second-order valence-electron chi connectivity index (χ2n) is 4.46. The molecule has 8 nitrogen and oxygen atoms in total. The number of anilines is 2. The van der Waals surface area contributed by atoms with Crippen molar-refractivity contribution in [2.75, 3.05) is 17.7 Å². The van der Waals surface area contributed by atoms with Crippen LogP contribution in [0.25, 0.3) is 5.95 Å². The van der Waals surface area contributed by atoms with Crippen molar-refractivity contribution in [1.29, 1.82) is 0 Å². The van der Waals surface area contributed by atoms with Gasteiger partial charge in [0.15, 0.2) is 0 Å². The molecule has 0 atom stereocenters. The highest BCUT2D eigenvalue weighted by Gasteiger charge is 2.10. The van der Waals surface area contributed by atoms with Crippen molar-refractivity contribution in [2.24, 2.45) is 0 Å². The summed E-state index contributed by atoms with van der Waals surface area (Å²) in [6.45, 7) is 0.643. The Morgan fingerprint density at radius 1 is 1.14 bits per heavy atom. The molecule has 3 aromatic heterocycles. The van der Waals surface area contributed by atoms with Crippen molar-refractivity contribution in [3.05, 3.63) is 48.5 Å². The molecule has 2 N–H and O–H groups in total. The maximum Gasteiger partial charge on any atom is 0.257 e. The van der Waals surface area contributed by atoms with E-state index in [0.29, 0.717) is 18.4 Å². The van der Waals surface area contributed by atoms with Crippen molar-refractivity contribution in [3.8, 4) is 5.95 Å². The molecule has 0 radical (unpaired) electrons. The van der Waals surface area contributed by atoms with E-state index in [1.54, 1.807) is 35.5 Å². The second-order valence-corrected chi connectivity index (χ2v) is 4.46. The Hall–Kier alpha value is -3.03. The number of nitrogens with two attached hydrogens (primary N) is 1. The number of hydrogen-bond acceptors (Lipinski definition) is 7. The standard InChI is InChI=1S/C13H14N8/c1-20(9-10-3-6-15-7-4-10)12-17-11(14)18-13(19-12)21-8-2-5-16-21/h2-8H,9H2,1H3,(H2,14,17,18,19). The Kier molecular flexibility index (Phi) is 3.42. The van der Waals surface area contributed by atoms with Gasteiger partial charge in [0, 0.05) is 38.4 Å². The van der Waals surface area contributed by atoms with Crippen LogP contribution in [0.5, 0.6) is 0 Å². The summed E-state index contributed by atoms with van der Waals surface area (Å²) in [6.07, 6.45) is 6.90. The molecule has 0 fully saturated rings. The van der Waals surface area contributed by atoms with Gasteiger partial charge < -0.3 is 10.6 Å². The summed E-state index contributed by atoms with van der Waals surface area (Å²) in [5, 5.41) is 4.09. The second kappa shape index (κ2) is 5.53. The molecular formula is C13H14N8. The van der Waals surface area contributed by atoms with E-state index in [4.69, 9.17) is 5.73 Å². The molecule has 0 aliphatic carbocycles. The van der Waals surface area contributed by atoms with E-state index in [1.807, 2.05) is 24.1 Å². The summed E-state index contributed by atoms with van der Waals surface area (Å²) in [6, 6.07) is 5.67. The zero-order valence-corrected chi connectivity index (χ0v) is 11.5. The molecule has 3 aromatic rings. The van der Waals surface area contributed by atoms with Gasteiger partial charge in [0.25, 0.3) is 5.95 Å². The van der Waals surface area contributed by atoms with E-state index >= 15 is 0 Å². The molecule has 0 saturated heterocycles. The first kappa shape index (κ1) is 13.0. The van der Waals surface area contributed by atoms with E-state index in [2.05, 4.69) is 25.0 Å². The minimum atomic E-state index is 0.159. The Labute approximate surface area is 121 Å². The minimum Gasteiger partial charge on any atom is -0.368 e. The fourth-order valence-electron chi connectivity index (χ4n) is 1.86. The number of hydrogen-bond donors (Lipinski definition) is 1. The molecule has 0 spiro atoms. The zero-order chi connectivity index (χ0) is 14.7. The average Bonchev–Trinajstić information content (AvgIpc) is 3.02. The van der Waals surface area contributed by atoms with Gasteiger partial charge in [0.1, 0.15) is 0 Å². The molecule has 0 aliphatic rings. The van der Waals surface area contributed by atoms with Crippen molar-refractivity contribution < 1.29 is 0 Å². The monoisotopic (exact) mass is 282 g/mol. The highest BCUT2D eigenvalue weighted by atomic mass is 15.4. The summed E-state index contributed by atoms with van der Waals surface area (Å²) in [7, 11) is 1.89. The third kappa shape index (κ3) is 2.94. The van der Waals surface area contributed by atoms with Gasteiger partial charge in [-0.25, -0.2) is 4.68 Å². The molecule has 0 bridgehead atoms. The van der Waals surface area contributed by atoms with Crippen LogP contribution in [0.15, 0.2) is 43.0 Å². The lowest BCUT2D eigenvalue weighted by Crippen LogP contribution is -2.21. The van der Waals surface area contributed by atoms with Crippen LogP contribution in [0.1, 0.15) is 5.56 Å². The van der Waals surface area contributed by atoms with E-state index in [9.17, 15) is 0 Å². The maximum atomic E-state index is 5.76. The summed E-state index contributed by atoms with van der Waals surface area (Å²) in [5.74, 6) is 1.04. The van der Waals surface area contributed by atoms with Gasteiger partial charge in [-0.3, -0.25) is 4.98 Å². The molecule has 106 valence electrons. The van der Waals surface area contributed by atoms with Gasteiger partial charge in [-0.05, 0) is 23.8 Å². The number of nitrogen functional groups attached to an aromatic ring is 1. The molecule has 0 unspecified atom stereocenters. The Bertz CT molecular complexity index is 710. The molecule has 3 heterocycles. The Morgan fingerprint density at radius 3 is 2.67 bits per heavy atom. The zero-order valence-electron chi connectivity index (χ0n) is 11.5. The highest BCUT2D eigenvalue weighted by molar-refractivity contribution is 5.37. The van der Waals surface area contributed by atoms with Gasteiger partial charge in [-0.2, -0.15) is 20.1 Å². The van der Waals surface area contributed by atoms with Crippen molar-refractivity contribution in [3.63, 3.8) is 0 Å². The van der Waals surface area contributed by atoms with Gasteiger partial charge in [0.2, 0.25) is 11.9 Å². The molecular weight excluding hydrogens is 268 g/mol. The molecule has 0 aliphatic heterocycles. The van der Waals surface area contributed by atoms with Crippen molar-refractivity contribution in [2.45, 2.75) is 6.54 Å². The van der Waals surface area contributed by atoms with Crippen molar-refractivity contribution >= 4 is 11.9 Å². The fraction of sp³-hybridized carbons (Fsp3) is 0.154. The first-order valence-electron chi connectivity index (χ1n) is 6.34. The van der Waals surface area contributed by atoms with Crippen LogP contribution in [-0.4, -0.2) is 36.8 Å². The topological polar surface area (TPSA) is 98.6 Å². The molecule has 0 amide bonds. The van der Waals surface area contributed by atoms with Crippen LogP contribution in [0, 0.1) is 0 Å². The van der Waals surface area contributed by atoms with Gasteiger partial charge in [-0.15, -0.1) is 0 Å². The Morgan fingerprint density at radius 2 is 1.95 bits per heavy atom. The van der Waals surface area contributed by atoms with E-state index in [-0.39, 0.29) is 5.95 Å². The lowest BCUT2D eigenvalue weighted by atomic mass is 10.2. The van der Waals surface area contributed by atoms with E-state index < -0.39 is 0 Å². The number of rotatable bonds is 4. The first-order chi connectivity index (χ1) is 10.2. The summed E-state index contributed by atoms with van der Waals surface area (Å²) in [5.41, 5.74) is 6.86. The summed E-state index contributed by atoms with van der Waals surface area (Å²) < 4.78 is 1.54. The van der Waals surface area contributed by atoms with Crippen molar-refractivity contribution in [1.82, 2.24) is 29.7 Å². The largest absolute Gasteiger partial charge is 0.368 e. The van der Waals surface area contributed by atoms with Gasteiger partial charge in [-0.1, -0.05) is 0 Å². The fourth-order valence-corrected chi connectivity index (χ4v) is 1.86. The summed E-state index contributed by atoms with van der Waals surface area (Å²) in [4.78, 5) is 18.5. The van der Waals surface area contributed by atoms with Gasteiger partial charge in [0.05, 0.1) is 0 Å². The quantitative estimate of drug-likeness (QED) is 0.750. The van der Waals surface area contributed by atoms with Crippen LogP contribution < -0.4 is 10.6 Å². The highest BCUT2D eigenvalue weighted by Crippen LogP contribution is 2.12.